The number of hydrogen-bond acceptors (Lipinski definition) is 3. The van der Waals surface area contributed by atoms with Crippen molar-refractivity contribution in [3.8, 4) is 0 Å². The quantitative estimate of drug-likeness (QED) is 0.821. The molecule has 4 nitrogen and oxygen atoms in total. The Morgan fingerprint density at radius 3 is 2.82 bits per heavy atom. The fourth-order valence-electron chi connectivity index (χ4n) is 2.04. The second kappa shape index (κ2) is 4.81. The number of aromatic nitrogens is 3. The lowest BCUT2D eigenvalue weighted by Crippen LogP contribution is -2.12. The number of hydrogen-bond donors (Lipinski definition) is 2. The summed E-state index contributed by atoms with van der Waals surface area (Å²) in [6, 6.07) is 8.20. The van der Waals surface area contributed by atoms with Crippen LogP contribution in [0, 0.1) is 11.7 Å². The first kappa shape index (κ1) is 12.0. The number of aliphatic hydroxyl groups is 1. The van der Waals surface area contributed by atoms with E-state index in [1.165, 1.54) is 11.1 Å². The monoisotopic (exact) mass is 249 g/mol. The number of rotatable bonds is 3. The topological polar surface area (TPSA) is 53.8 Å². The van der Waals surface area contributed by atoms with E-state index in [4.69, 9.17) is 12.2 Å². The van der Waals surface area contributed by atoms with E-state index >= 15 is 0 Å². The highest BCUT2D eigenvalue weighted by atomic mass is 32.1. The number of aliphatic hydroxyl groups excluding tert-OH is 1. The summed E-state index contributed by atoms with van der Waals surface area (Å²) in [4.78, 5) is 0. The Bertz CT molecular complexity index is 573. The Balaban J connectivity index is 2.51. The molecule has 0 aliphatic rings. The smallest absolute Gasteiger partial charge is 0.195 e. The predicted octanol–water partition coefficient (Wildman–Crippen LogP) is 2.35. The summed E-state index contributed by atoms with van der Waals surface area (Å²) in [5.74, 6) is 0.561. The highest BCUT2D eigenvalue weighted by Gasteiger charge is 2.15. The fourth-order valence-corrected chi connectivity index (χ4v) is 2.35. The van der Waals surface area contributed by atoms with Gasteiger partial charge >= 0.3 is 0 Å². The molecule has 2 rings (SSSR count). The summed E-state index contributed by atoms with van der Waals surface area (Å²) in [6.45, 7) is 3.99. The highest BCUT2D eigenvalue weighted by molar-refractivity contribution is 7.71. The van der Waals surface area contributed by atoms with Crippen molar-refractivity contribution in [2.75, 3.05) is 0 Å². The van der Waals surface area contributed by atoms with Crippen LogP contribution in [0.4, 0.5) is 0 Å². The SMILES string of the molecule is Cc1ccccc1C(C)n1c(CO)n[nH]c1=S. The van der Waals surface area contributed by atoms with Crippen LogP contribution in [0.5, 0.6) is 0 Å². The van der Waals surface area contributed by atoms with E-state index in [9.17, 15) is 5.11 Å². The molecule has 1 aromatic heterocycles. The molecule has 0 saturated carbocycles. The minimum Gasteiger partial charge on any atom is -0.388 e. The summed E-state index contributed by atoms with van der Waals surface area (Å²) >= 11 is 5.19. The van der Waals surface area contributed by atoms with Crippen LogP contribution in [0.3, 0.4) is 0 Å². The molecule has 1 aromatic carbocycles. The van der Waals surface area contributed by atoms with Gasteiger partial charge in [-0.05, 0) is 37.2 Å². The Morgan fingerprint density at radius 2 is 2.18 bits per heavy atom. The summed E-state index contributed by atoms with van der Waals surface area (Å²) in [5.41, 5.74) is 2.38. The summed E-state index contributed by atoms with van der Waals surface area (Å²) < 4.78 is 2.38. The molecular formula is C12H15N3OS. The average Bonchev–Trinajstić information content (AvgIpc) is 2.70. The number of nitrogens with zero attached hydrogens (tertiary/aromatic N) is 2. The molecule has 0 saturated heterocycles. The number of benzene rings is 1. The standard InChI is InChI=1S/C12H15N3OS/c1-8-5-3-4-6-10(8)9(2)15-11(7-16)13-14-12(15)17/h3-6,9,16H,7H2,1-2H3,(H,14,17). The van der Waals surface area contributed by atoms with Gasteiger partial charge in [0, 0.05) is 0 Å². The maximum atomic E-state index is 9.25. The van der Waals surface area contributed by atoms with Gasteiger partial charge in [-0.2, -0.15) is 5.10 Å². The molecule has 1 atom stereocenters. The van der Waals surface area contributed by atoms with Crippen molar-refractivity contribution < 1.29 is 5.11 Å². The largest absolute Gasteiger partial charge is 0.388 e. The molecule has 2 N–H and O–H groups in total. The molecule has 90 valence electrons. The van der Waals surface area contributed by atoms with Gasteiger partial charge in [-0.3, -0.25) is 9.67 Å². The maximum absolute atomic E-state index is 9.25. The van der Waals surface area contributed by atoms with E-state index < -0.39 is 0 Å². The molecule has 0 spiro atoms. The van der Waals surface area contributed by atoms with E-state index in [0.717, 1.165) is 0 Å². The van der Waals surface area contributed by atoms with Crippen molar-refractivity contribution in [2.45, 2.75) is 26.5 Å². The lowest BCUT2D eigenvalue weighted by molar-refractivity contribution is 0.263. The van der Waals surface area contributed by atoms with Crippen molar-refractivity contribution in [3.05, 3.63) is 46.0 Å². The van der Waals surface area contributed by atoms with Crippen molar-refractivity contribution in [3.63, 3.8) is 0 Å². The zero-order valence-corrected chi connectivity index (χ0v) is 10.7. The molecule has 0 fully saturated rings. The molecule has 0 aliphatic heterocycles. The van der Waals surface area contributed by atoms with Crippen molar-refractivity contribution >= 4 is 12.2 Å². The molecule has 1 heterocycles. The van der Waals surface area contributed by atoms with Gasteiger partial charge in [-0.15, -0.1) is 0 Å². The van der Waals surface area contributed by atoms with Crippen LogP contribution in [-0.4, -0.2) is 19.9 Å². The van der Waals surface area contributed by atoms with Crippen molar-refractivity contribution in [1.82, 2.24) is 14.8 Å². The molecule has 2 aromatic rings. The number of nitrogens with one attached hydrogen (secondary N) is 1. The van der Waals surface area contributed by atoms with Crippen LogP contribution in [-0.2, 0) is 6.61 Å². The van der Waals surface area contributed by atoms with Crippen LogP contribution in [0.15, 0.2) is 24.3 Å². The Kier molecular flexibility index (Phi) is 3.40. The van der Waals surface area contributed by atoms with Gasteiger partial charge in [0.2, 0.25) is 0 Å². The summed E-state index contributed by atoms with van der Waals surface area (Å²) in [6.07, 6.45) is 0. The van der Waals surface area contributed by atoms with Crippen LogP contribution in [0.2, 0.25) is 0 Å². The molecule has 17 heavy (non-hydrogen) atoms. The first-order valence-electron chi connectivity index (χ1n) is 5.47. The Morgan fingerprint density at radius 1 is 1.47 bits per heavy atom. The zero-order chi connectivity index (χ0) is 12.4. The zero-order valence-electron chi connectivity index (χ0n) is 9.84. The summed E-state index contributed by atoms with van der Waals surface area (Å²) in [5, 5.41) is 16.0. The van der Waals surface area contributed by atoms with Gasteiger partial charge in [-0.25, -0.2) is 0 Å². The maximum Gasteiger partial charge on any atom is 0.195 e. The average molecular weight is 249 g/mol. The minimum atomic E-state index is -0.122. The van der Waals surface area contributed by atoms with Gasteiger partial charge < -0.3 is 5.11 Å². The third-order valence-electron chi connectivity index (χ3n) is 2.94. The van der Waals surface area contributed by atoms with Gasteiger partial charge in [-0.1, -0.05) is 24.3 Å². The number of aryl methyl sites for hydroxylation is 1. The third-order valence-corrected chi connectivity index (χ3v) is 3.23. The van der Waals surface area contributed by atoms with Crippen LogP contribution in [0.1, 0.15) is 29.9 Å². The van der Waals surface area contributed by atoms with E-state index in [1.807, 2.05) is 23.6 Å². The van der Waals surface area contributed by atoms with E-state index in [2.05, 4.69) is 29.3 Å². The van der Waals surface area contributed by atoms with Crippen LogP contribution < -0.4 is 0 Å². The predicted molar refractivity (Wildman–Crippen MR) is 68.3 cm³/mol. The van der Waals surface area contributed by atoms with E-state index in [0.29, 0.717) is 10.6 Å². The molecule has 1 unspecified atom stereocenters. The Hall–Kier alpha value is -1.46. The molecule has 5 heteroatoms. The highest BCUT2D eigenvalue weighted by Crippen LogP contribution is 2.22. The second-order valence-corrected chi connectivity index (χ2v) is 4.39. The minimum absolute atomic E-state index is 0.0598. The van der Waals surface area contributed by atoms with Crippen LogP contribution >= 0.6 is 12.2 Å². The first-order valence-corrected chi connectivity index (χ1v) is 5.88. The lowest BCUT2D eigenvalue weighted by atomic mass is 10.0. The van der Waals surface area contributed by atoms with Crippen molar-refractivity contribution in [1.29, 1.82) is 0 Å². The third kappa shape index (κ3) is 2.16. The Labute approximate surface area is 105 Å². The fraction of sp³-hybridized carbons (Fsp3) is 0.333. The molecule has 0 bridgehead atoms. The van der Waals surface area contributed by atoms with Crippen LogP contribution in [0.25, 0.3) is 0 Å². The second-order valence-electron chi connectivity index (χ2n) is 4.01. The molecule has 0 aliphatic carbocycles. The van der Waals surface area contributed by atoms with Crippen molar-refractivity contribution in [2.24, 2.45) is 0 Å². The number of H-pyrrole nitrogens is 1. The molecule has 0 radical (unpaired) electrons. The van der Waals surface area contributed by atoms with E-state index in [-0.39, 0.29) is 12.6 Å². The molecule has 0 amide bonds. The summed E-state index contributed by atoms with van der Waals surface area (Å²) in [7, 11) is 0. The number of aromatic amines is 1. The first-order chi connectivity index (χ1) is 8.15. The van der Waals surface area contributed by atoms with E-state index in [1.54, 1.807) is 0 Å². The van der Waals surface area contributed by atoms with Gasteiger partial charge in [0.1, 0.15) is 6.61 Å². The van der Waals surface area contributed by atoms with Gasteiger partial charge in [0.15, 0.2) is 10.6 Å². The normalized spacial score (nSPS) is 12.6. The van der Waals surface area contributed by atoms with Gasteiger partial charge in [0.25, 0.3) is 0 Å². The van der Waals surface area contributed by atoms with Gasteiger partial charge in [0.05, 0.1) is 6.04 Å². The molecular weight excluding hydrogens is 234 g/mol. The lowest BCUT2D eigenvalue weighted by Gasteiger charge is -2.17.